The largest absolute Gasteiger partial charge is 0.480 e. The SMILES string of the molecule is CC.COc1nc(-c2cccc(-c3cccc(Nc4nccc5c4c(=O)n(C)c(=O)n5C)c3Cl)c2Cl)cnc1CNC1CCOCC1O. The summed E-state index contributed by atoms with van der Waals surface area (Å²) in [5, 5.41) is 17.7. The number of pyridine rings is 1. The fraction of sp³-hybridized carbons (Fsp3) is 0.324. The number of methoxy groups -OCH3 is 1. The lowest BCUT2D eigenvalue weighted by Gasteiger charge is -2.28. The van der Waals surface area contributed by atoms with Crippen molar-refractivity contribution in [3.63, 3.8) is 0 Å². The molecule has 12 nitrogen and oxygen atoms in total. The average molecular weight is 695 g/mol. The van der Waals surface area contributed by atoms with Crippen molar-refractivity contribution in [2.75, 3.05) is 25.6 Å². The van der Waals surface area contributed by atoms with Gasteiger partial charge in [0, 0.05) is 56.2 Å². The van der Waals surface area contributed by atoms with Crippen LogP contribution < -0.4 is 26.6 Å². The molecule has 0 aliphatic carbocycles. The molecule has 14 heteroatoms. The van der Waals surface area contributed by atoms with Crippen molar-refractivity contribution in [1.29, 1.82) is 0 Å². The Kier molecular flexibility index (Phi) is 11.1. The van der Waals surface area contributed by atoms with E-state index >= 15 is 0 Å². The summed E-state index contributed by atoms with van der Waals surface area (Å²) in [5.41, 5.74) is 3.02. The molecule has 6 rings (SSSR count). The molecule has 2 aromatic carbocycles. The van der Waals surface area contributed by atoms with E-state index in [1.807, 2.05) is 44.2 Å². The molecular formula is C34H37Cl2N7O5. The van der Waals surface area contributed by atoms with Gasteiger partial charge in [-0.05, 0) is 18.6 Å². The predicted octanol–water partition coefficient (Wildman–Crippen LogP) is 5.08. The number of hydrogen-bond acceptors (Lipinski definition) is 10. The zero-order chi connectivity index (χ0) is 34.5. The number of nitrogens with zero attached hydrogens (tertiary/aromatic N) is 5. The average Bonchev–Trinajstić information content (AvgIpc) is 3.11. The summed E-state index contributed by atoms with van der Waals surface area (Å²) in [4.78, 5) is 39.2. The molecule has 2 atom stereocenters. The molecular weight excluding hydrogens is 657 g/mol. The van der Waals surface area contributed by atoms with Crippen molar-refractivity contribution in [3.8, 4) is 28.3 Å². The van der Waals surface area contributed by atoms with Crippen LogP contribution in [0.25, 0.3) is 33.3 Å². The molecule has 5 aromatic rings. The third-order valence-corrected chi connectivity index (χ3v) is 8.88. The summed E-state index contributed by atoms with van der Waals surface area (Å²) in [7, 11) is 4.54. The predicted molar refractivity (Wildman–Crippen MR) is 188 cm³/mol. The maximum Gasteiger partial charge on any atom is 0.330 e. The van der Waals surface area contributed by atoms with Crippen LogP contribution in [-0.4, -0.2) is 61.7 Å². The van der Waals surface area contributed by atoms with E-state index in [9.17, 15) is 14.7 Å². The normalized spacial score (nSPS) is 15.9. The van der Waals surface area contributed by atoms with Gasteiger partial charge in [-0.25, -0.2) is 14.8 Å². The number of halogens is 2. The standard InChI is InChI=1S/C32H31Cl2N7O5.C2H6/c1-40-24-10-12-35-29(26(24)31(43)41(2)32(40)44)38-21-9-5-7-18(28(21)34)17-6-4-8-19(27(17)33)22-14-37-23(30(39-22)45-3)15-36-20-11-13-46-16-25(20)42;1-2/h4-10,12,14,20,25,36,42H,11,13,15-16H2,1-3H3,(H,35,38);1-2H3. The number of benzene rings is 2. The van der Waals surface area contributed by atoms with E-state index in [4.69, 9.17) is 32.7 Å². The lowest BCUT2D eigenvalue weighted by atomic mass is 10.0. The van der Waals surface area contributed by atoms with Gasteiger partial charge in [-0.1, -0.05) is 67.4 Å². The number of nitrogens with one attached hydrogen (secondary N) is 2. The number of fused-ring (bicyclic) bond motifs is 1. The van der Waals surface area contributed by atoms with Gasteiger partial charge in [-0.3, -0.25) is 18.9 Å². The number of aryl methyl sites for hydroxylation is 1. The van der Waals surface area contributed by atoms with Crippen molar-refractivity contribution >= 4 is 45.6 Å². The van der Waals surface area contributed by atoms with Gasteiger partial charge in [0.2, 0.25) is 5.88 Å². The molecule has 48 heavy (non-hydrogen) atoms. The molecule has 0 saturated carbocycles. The molecule has 0 amide bonds. The minimum Gasteiger partial charge on any atom is -0.480 e. The third-order valence-electron chi connectivity index (χ3n) is 8.06. The van der Waals surface area contributed by atoms with Gasteiger partial charge in [-0.2, -0.15) is 0 Å². The van der Waals surface area contributed by atoms with Crippen LogP contribution in [0.2, 0.25) is 10.0 Å². The van der Waals surface area contributed by atoms with Gasteiger partial charge in [0.25, 0.3) is 5.56 Å². The first-order chi connectivity index (χ1) is 23.2. The topological polar surface area (TPSA) is 145 Å². The number of anilines is 2. The van der Waals surface area contributed by atoms with Crippen LogP contribution >= 0.6 is 23.2 Å². The van der Waals surface area contributed by atoms with E-state index in [0.717, 1.165) is 4.57 Å². The molecule has 0 radical (unpaired) electrons. The van der Waals surface area contributed by atoms with Crippen molar-refractivity contribution in [2.24, 2.45) is 14.1 Å². The van der Waals surface area contributed by atoms with E-state index in [1.165, 1.54) is 24.9 Å². The first kappa shape index (κ1) is 35.0. The number of rotatable bonds is 8. The molecule has 1 aliphatic rings. The monoisotopic (exact) mass is 693 g/mol. The Hall–Kier alpha value is -4.33. The fourth-order valence-electron chi connectivity index (χ4n) is 5.52. The molecule has 2 unspecified atom stereocenters. The maximum absolute atomic E-state index is 13.1. The second-order valence-corrected chi connectivity index (χ2v) is 11.6. The summed E-state index contributed by atoms with van der Waals surface area (Å²) in [5.74, 6) is 0.597. The number of hydrogen-bond donors (Lipinski definition) is 3. The van der Waals surface area contributed by atoms with Crippen LogP contribution in [0, 0.1) is 0 Å². The molecule has 252 valence electrons. The number of aromatic nitrogens is 5. The summed E-state index contributed by atoms with van der Waals surface area (Å²) < 4.78 is 13.3. The first-order valence-electron chi connectivity index (χ1n) is 15.5. The molecule has 3 aromatic heterocycles. The Balaban J connectivity index is 0.00000221. The van der Waals surface area contributed by atoms with Crippen LogP contribution in [0.15, 0.2) is 64.4 Å². The van der Waals surface area contributed by atoms with Gasteiger partial charge in [0.05, 0.1) is 53.0 Å². The maximum atomic E-state index is 13.1. The number of ether oxygens (including phenoxy) is 2. The highest BCUT2D eigenvalue weighted by molar-refractivity contribution is 6.39. The van der Waals surface area contributed by atoms with Crippen LogP contribution in [0.4, 0.5) is 11.5 Å². The zero-order valence-electron chi connectivity index (χ0n) is 27.3. The van der Waals surface area contributed by atoms with E-state index in [1.54, 1.807) is 25.4 Å². The molecule has 1 saturated heterocycles. The Labute approximate surface area is 287 Å². The van der Waals surface area contributed by atoms with Gasteiger partial charge in [0.1, 0.15) is 16.9 Å². The molecule has 0 bridgehead atoms. The summed E-state index contributed by atoms with van der Waals surface area (Å²) in [6.45, 7) is 5.23. The zero-order valence-corrected chi connectivity index (χ0v) is 28.8. The van der Waals surface area contributed by atoms with Gasteiger partial charge in [0.15, 0.2) is 0 Å². The number of aliphatic hydroxyl groups excluding tert-OH is 1. The van der Waals surface area contributed by atoms with Crippen molar-refractivity contribution in [1.82, 2.24) is 29.4 Å². The van der Waals surface area contributed by atoms with Crippen molar-refractivity contribution in [2.45, 2.75) is 39.0 Å². The second-order valence-electron chi connectivity index (χ2n) is 10.8. The quantitative estimate of drug-likeness (QED) is 0.201. The minimum absolute atomic E-state index is 0.114. The first-order valence-corrected chi connectivity index (χ1v) is 16.2. The van der Waals surface area contributed by atoms with Gasteiger partial charge in [-0.15, -0.1) is 0 Å². The second kappa shape index (κ2) is 15.3. The van der Waals surface area contributed by atoms with Crippen LogP contribution in [0.5, 0.6) is 5.88 Å². The Morgan fingerprint density at radius 1 is 1.00 bits per heavy atom. The summed E-state index contributed by atoms with van der Waals surface area (Å²) >= 11 is 13.9. The molecule has 3 N–H and O–H groups in total. The Morgan fingerprint density at radius 3 is 2.44 bits per heavy atom. The van der Waals surface area contributed by atoms with Gasteiger partial charge >= 0.3 is 5.69 Å². The van der Waals surface area contributed by atoms with Crippen molar-refractivity contribution < 1.29 is 14.6 Å². The van der Waals surface area contributed by atoms with E-state index in [-0.39, 0.29) is 17.2 Å². The highest BCUT2D eigenvalue weighted by Crippen LogP contribution is 2.42. The van der Waals surface area contributed by atoms with E-state index in [2.05, 4.69) is 25.6 Å². The summed E-state index contributed by atoms with van der Waals surface area (Å²) in [6.07, 6.45) is 3.24. The third kappa shape index (κ3) is 6.80. The van der Waals surface area contributed by atoms with E-state index < -0.39 is 17.4 Å². The van der Waals surface area contributed by atoms with Crippen molar-refractivity contribution in [3.05, 3.63) is 91.4 Å². The Bertz CT molecular complexity index is 2070. The lowest BCUT2D eigenvalue weighted by molar-refractivity contribution is -0.0281. The van der Waals surface area contributed by atoms with E-state index in [0.29, 0.717) is 81.4 Å². The highest BCUT2D eigenvalue weighted by atomic mass is 35.5. The smallest absolute Gasteiger partial charge is 0.330 e. The van der Waals surface area contributed by atoms with Gasteiger partial charge < -0.3 is 25.2 Å². The minimum atomic E-state index is -0.597. The highest BCUT2D eigenvalue weighted by Gasteiger charge is 2.24. The lowest BCUT2D eigenvalue weighted by Crippen LogP contribution is -2.46. The number of aliphatic hydroxyl groups is 1. The molecule has 1 fully saturated rings. The Morgan fingerprint density at radius 2 is 1.71 bits per heavy atom. The van der Waals surface area contributed by atoms with Crippen LogP contribution in [0.1, 0.15) is 26.0 Å². The fourth-order valence-corrected chi connectivity index (χ4v) is 6.12. The molecule has 0 spiro atoms. The molecule has 1 aliphatic heterocycles. The van der Waals surface area contributed by atoms with Crippen LogP contribution in [-0.2, 0) is 25.4 Å². The molecule has 4 heterocycles. The van der Waals surface area contributed by atoms with Crippen LogP contribution in [0.3, 0.4) is 0 Å². The summed E-state index contributed by atoms with van der Waals surface area (Å²) in [6, 6.07) is 12.4.